The first-order valence-corrected chi connectivity index (χ1v) is 11.8. The van der Waals surface area contributed by atoms with E-state index in [0.29, 0.717) is 18.9 Å². The van der Waals surface area contributed by atoms with Crippen LogP contribution in [0.25, 0.3) is 0 Å². The quantitative estimate of drug-likeness (QED) is 0.607. The van der Waals surface area contributed by atoms with Gasteiger partial charge >= 0.3 is 21.7 Å². The minimum atomic E-state index is -5.52. The molecule has 30 heavy (non-hydrogen) atoms. The van der Waals surface area contributed by atoms with Gasteiger partial charge in [0.05, 0.1) is 10.5 Å². The smallest absolute Gasteiger partial charge is 0.207 e. The highest BCUT2D eigenvalue weighted by Gasteiger charge is 2.52. The van der Waals surface area contributed by atoms with Crippen LogP contribution in [0.15, 0.2) is 29.2 Å². The lowest BCUT2D eigenvalue weighted by Crippen LogP contribution is -2.51. The fourth-order valence-corrected chi connectivity index (χ4v) is 6.42. The molecule has 170 valence electrons. The van der Waals surface area contributed by atoms with Crippen LogP contribution in [0.3, 0.4) is 0 Å². The van der Waals surface area contributed by atoms with Crippen molar-refractivity contribution in [2.45, 2.75) is 54.3 Å². The van der Waals surface area contributed by atoms with E-state index < -0.39 is 67.4 Å². The van der Waals surface area contributed by atoms with Gasteiger partial charge < -0.3 is 0 Å². The highest BCUT2D eigenvalue weighted by atomic mass is 32.2. The Morgan fingerprint density at radius 2 is 1.40 bits per heavy atom. The molecule has 14 heteroatoms. The lowest BCUT2D eigenvalue weighted by atomic mass is 10.1. The van der Waals surface area contributed by atoms with Gasteiger partial charge in [-0.2, -0.15) is 35.0 Å². The highest BCUT2D eigenvalue weighted by molar-refractivity contribution is 7.90. The summed E-state index contributed by atoms with van der Waals surface area (Å²) < 4.78 is 128. The van der Waals surface area contributed by atoms with Crippen molar-refractivity contribution in [1.29, 1.82) is 0 Å². The molecule has 2 aliphatic rings. The van der Waals surface area contributed by atoms with Crippen molar-refractivity contribution >= 4 is 20.0 Å². The van der Waals surface area contributed by atoms with E-state index in [1.807, 2.05) is 0 Å². The largest absolute Gasteiger partial charge is 0.511 e. The van der Waals surface area contributed by atoms with Crippen LogP contribution < -0.4 is 0 Å². The van der Waals surface area contributed by atoms with Crippen LogP contribution in [0.5, 0.6) is 0 Å². The maximum Gasteiger partial charge on any atom is 0.511 e. The minimum absolute atomic E-state index is 0.190. The van der Waals surface area contributed by atoms with Crippen molar-refractivity contribution in [3.05, 3.63) is 29.8 Å². The zero-order chi connectivity index (χ0) is 22.5. The van der Waals surface area contributed by atoms with Crippen molar-refractivity contribution in [1.82, 2.24) is 8.61 Å². The SMILES string of the molecule is O=S(=O)(c1cccc(C(F)(F)F)c1)N(C1CC1)C1CCN(S(=O)(=O)C(F)(F)F)CC1. The third kappa shape index (κ3) is 4.46. The Morgan fingerprint density at radius 1 is 0.867 bits per heavy atom. The number of nitrogens with zero attached hydrogens (tertiary/aromatic N) is 2. The summed E-state index contributed by atoms with van der Waals surface area (Å²) in [4.78, 5) is -0.561. The van der Waals surface area contributed by atoms with E-state index in [-0.39, 0.29) is 17.1 Å². The average Bonchev–Trinajstić information content (AvgIpc) is 3.45. The molecule has 0 spiro atoms. The number of piperidine rings is 1. The zero-order valence-electron chi connectivity index (χ0n) is 15.3. The Kier molecular flexibility index (Phi) is 5.93. The van der Waals surface area contributed by atoms with Gasteiger partial charge in [0.2, 0.25) is 10.0 Å². The molecule has 1 aromatic rings. The normalized spacial score (nSPS) is 20.6. The maximum absolute atomic E-state index is 13.1. The predicted octanol–water partition coefficient (Wildman–Crippen LogP) is 3.17. The number of rotatable bonds is 5. The van der Waals surface area contributed by atoms with Gasteiger partial charge in [-0.3, -0.25) is 0 Å². The van der Waals surface area contributed by atoms with Crippen LogP contribution in [0.4, 0.5) is 26.3 Å². The fraction of sp³-hybridized carbons (Fsp3) is 0.625. The first-order valence-electron chi connectivity index (χ1n) is 8.93. The second-order valence-corrected chi connectivity index (χ2v) is 10.9. The van der Waals surface area contributed by atoms with E-state index in [9.17, 15) is 43.2 Å². The van der Waals surface area contributed by atoms with Crippen molar-refractivity contribution in [2.75, 3.05) is 13.1 Å². The first kappa shape index (κ1) is 23.3. The number of halogens is 6. The number of sulfonamides is 2. The molecule has 2 fully saturated rings. The molecule has 0 aromatic heterocycles. The summed E-state index contributed by atoms with van der Waals surface area (Å²) >= 11 is 0. The first-order chi connectivity index (χ1) is 13.7. The van der Waals surface area contributed by atoms with Crippen LogP contribution in [0.2, 0.25) is 0 Å². The van der Waals surface area contributed by atoms with Gasteiger partial charge in [0.15, 0.2) is 0 Å². The predicted molar refractivity (Wildman–Crippen MR) is 93.1 cm³/mol. The summed E-state index contributed by atoms with van der Waals surface area (Å²) in [6.45, 7) is -1.07. The molecule has 0 radical (unpaired) electrons. The van der Waals surface area contributed by atoms with E-state index in [4.69, 9.17) is 0 Å². The van der Waals surface area contributed by atoms with E-state index in [1.54, 1.807) is 0 Å². The molecule has 0 N–H and O–H groups in total. The Labute approximate surface area is 169 Å². The lowest BCUT2D eigenvalue weighted by Gasteiger charge is -2.37. The molecule has 0 atom stereocenters. The summed E-state index contributed by atoms with van der Waals surface area (Å²) in [5, 5.41) is 0. The van der Waals surface area contributed by atoms with E-state index >= 15 is 0 Å². The summed E-state index contributed by atoms with van der Waals surface area (Å²) in [6, 6.07) is 1.98. The summed E-state index contributed by atoms with van der Waals surface area (Å²) in [6.07, 6.45) is -4.18. The van der Waals surface area contributed by atoms with Crippen LogP contribution in [0.1, 0.15) is 31.2 Å². The van der Waals surface area contributed by atoms with Crippen LogP contribution in [-0.2, 0) is 26.2 Å². The van der Waals surface area contributed by atoms with Crippen LogP contribution in [0, 0.1) is 0 Å². The van der Waals surface area contributed by atoms with Gasteiger partial charge in [-0.15, -0.1) is 0 Å². The van der Waals surface area contributed by atoms with Crippen molar-refractivity contribution < 1.29 is 43.2 Å². The molecule has 1 aromatic carbocycles. The van der Waals surface area contributed by atoms with Crippen molar-refractivity contribution in [3.63, 3.8) is 0 Å². The molecule has 6 nitrogen and oxygen atoms in total. The molecular formula is C16H18F6N2O4S2. The third-order valence-corrected chi connectivity index (χ3v) is 8.69. The molecule has 1 saturated heterocycles. The molecule has 0 amide bonds. The number of hydrogen-bond acceptors (Lipinski definition) is 4. The Bertz CT molecular complexity index is 995. The fourth-order valence-electron chi connectivity index (χ4n) is 3.46. The molecule has 1 saturated carbocycles. The topological polar surface area (TPSA) is 74.8 Å². The Hall–Kier alpha value is -1.38. The lowest BCUT2D eigenvalue weighted by molar-refractivity contribution is -0.137. The molecule has 1 aliphatic carbocycles. The van der Waals surface area contributed by atoms with E-state index in [0.717, 1.165) is 22.5 Å². The third-order valence-electron chi connectivity index (χ3n) is 5.06. The van der Waals surface area contributed by atoms with Gasteiger partial charge in [-0.05, 0) is 43.9 Å². The van der Waals surface area contributed by atoms with Crippen LogP contribution >= 0.6 is 0 Å². The second-order valence-electron chi connectivity index (χ2n) is 7.17. The van der Waals surface area contributed by atoms with Crippen LogP contribution in [-0.4, -0.2) is 56.1 Å². The summed E-state index contributed by atoms with van der Waals surface area (Å²) in [5.41, 5.74) is -6.59. The molecule has 0 unspecified atom stereocenters. The monoisotopic (exact) mass is 480 g/mol. The standard InChI is InChI=1S/C16H18F6N2O4S2/c17-15(18,19)11-2-1-3-14(10-11)29(25,26)24(12-4-5-12)13-6-8-23(9-7-13)30(27,28)16(20,21)22/h1-3,10,12-13H,4-9H2. The summed E-state index contributed by atoms with van der Waals surface area (Å²) in [7, 11) is -9.88. The molecule has 1 aliphatic heterocycles. The minimum Gasteiger partial charge on any atom is -0.207 e. The van der Waals surface area contributed by atoms with Gasteiger partial charge in [0.1, 0.15) is 0 Å². The number of hydrogen-bond donors (Lipinski definition) is 0. The zero-order valence-corrected chi connectivity index (χ0v) is 17.0. The van der Waals surface area contributed by atoms with Gasteiger partial charge in [-0.25, -0.2) is 16.8 Å². The Morgan fingerprint density at radius 3 is 1.87 bits per heavy atom. The molecule has 1 heterocycles. The highest BCUT2D eigenvalue weighted by Crippen LogP contribution is 2.39. The molecule has 0 bridgehead atoms. The number of benzene rings is 1. The van der Waals surface area contributed by atoms with Gasteiger partial charge in [0.25, 0.3) is 0 Å². The molecular weight excluding hydrogens is 462 g/mol. The Balaban J connectivity index is 1.84. The summed E-state index contributed by atoms with van der Waals surface area (Å²) in [5.74, 6) is 0. The van der Waals surface area contributed by atoms with Crippen molar-refractivity contribution in [2.24, 2.45) is 0 Å². The van der Waals surface area contributed by atoms with Crippen molar-refractivity contribution in [3.8, 4) is 0 Å². The van der Waals surface area contributed by atoms with E-state index in [1.165, 1.54) is 0 Å². The molecule has 3 rings (SSSR count). The second kappa shape index (κ2) is 7.64. The maximum atomic E-state index is 13.1. The van der Waals surface area contributed by atoms with Gasteiger partial charge in [-0.1, -0.05) is 6.07 Å². The number of alkyl halides is 6. The van der Waals surface area contributed by atoms with Gasteiger partial charge in [0, 0.05) is 25.2 Å². The average molecular weight is 480 g/mol. The van der Waals surface area contributed by atoms with E-state index in [2.05, 4.69) is 0 Å².